The van der Waals surface area contributed by atoms with Gasteiger partial charge in [-0.15, -0.1) is 11.3 Å². The number of carbonyl (C=O) groups is 1. The fourth-order valence-electron chi connectivity index (χ4n) is 2.62. The van der Waals surface area contributed by atoms with Gasteiger partial charge in [0.05, 0.1) is 18.0 Å². The molecule has 0 aliphatic rings. The summed E-state index contributed by atoms with van der Waals surface area (Å²) in [5.74, 6) is 0.0350. The fourth-order valence-corrected chi connectivity index (χ4v) is 4.88. The Morgan fingerprint density at radius 2 is 1.97 bits per heavy atom. The van der Waals surface area contributed by atoms with E-state index in [0.29, 0.717) is 22.3 Å². The number of carbonyl (C=O) groups excluding carboxylic acids is 1. The first-order valence-corrected chi connectivity index (χ1v) is 11.6. The van der Waals surface area contributed by atoms with Gasteiger partial charge in [-0.2, -0.15) is 4.72 Å². The number of sulfonamides is 1. The molecule has 0 radical (unpaired) electrons. The third kappa shape index (κ3) is 5.79. The molecule has 2 N–H and O–H groups in total. The highest BCUT2D eigenvalue weighted by atomic mass is 35.5. The van der Waals surface area contributed by atoms with E-state index in [1.165, 1.54) is 49.6 Å². The van der Waals surface area contributed by atoms with Crippen LogP contribution in [0.4, 0.5) is 5.13 Å². The molecule has 1 heterocycles. The zero-order valence-electron chi connectivity index (χ0n) is 16.3. The van der Waals surface area contributed by atoms with Gasteiger partial charge < -0.3 is 10.1 Å². The number of benzene rings is 2. The first-order valence-electron chi connectivity index (χ1n) is 8.93. The number of hydrogen-bond donors (Lipinski definition) is 2. The lowest BCUT2D eigenvalue weighted by atomic mass is 10.1. The van der Waals surface area contributed by atoms with Crippen LogP contribution < -0.4 is 14.8 Å². The number of anilines is 1. The van der Waals surface area contributed by atoms with E-state index >= 15 is 0 Å². The van der Waals surface area contributed by atoms with Crippen molar-refractivity contribution in [3.63, 3.8) is 0 Å². The average molecular weight is 466 g/mol. The largest absolute Gasteiger partial charge is 0.497 e. The standard InChI is InChI=1S/C20H20ClN3O4S2/c1-13(24-30(26,27)18-8-6-16(28-2)7-9-18)19(25)23-20-22-12-17(29-20)11-14-4-3-5-15(21)10-14/h3-10,12-13,24H,11H2,1-2H3,(H,22,23,25)/t13-/m0/s1. The number of thiazole rings is 1. The monoisotopic (exact) mass is 465 g/mol. The number of hydrogen-bond acceptors (Lipinski definition) is 6. The minimum Gasteiger partial charge on any atom is -0.497 e. The summed E-state index contributed by atoms with van der Waals surface area (Å²) >= 11 is 7.32. The van der Waals surface area contributed by atoms with Gasteiger partial charge in [0.2, 0.25) is 15.9 Å². The third-order valence-corrected chi connectivity index (χ3v) is 6.85. The Morgan fingerprint density at radius 1 is 1.23 bits per heavy atom. The van der Waals surface area contributed by atoms with Gasteiger partial charge in [-0.25, -0.2) is 13.4 Å². The summed E-state index contributed by atoms with van der Waals surface area (Å²) in [6, 6.07) is 12.4. The Labute approximate surface area is 184 Å². The fraction of sp³-hybridized carbons (Fsp3) is 0.200. The summed E-state index contributed by atoms with van der Waals surface area (Å²) in [4.78, 5) is 17.6. The molecule has 2 aromatic carbocycles. The summed E-state index contributed by atoms with van der Waals surface area (Å²) in [6.45, 7) is 1.47. The number of methoxy groups -OCH3 is 1. The van der Waals surface area contributed by atoms with Crippen molar-refractivity contribution in [2.75, 3.05) is 12.4 Å². The van der Waals surface area contributed by atoms with Crippen molar-refractivity contribution in [3.8, 4) is 5.75 Å². The average Bonchev–Trinajstić information content (AvgIpc) is 3.14. The van der Waals surface area contributed by atoms with Gasteiger partial charge in [0, 0.05) is 22.5 Å². The molecule has 0 fully saturated rings. The van der Waals surface area contributed by atoms with Crippen LogP contribution in [-0.2, 0) is 21.2 Å². The summed E-state index contributed by atoms with van der Waals surface area (Å²) in [6.07, 6.45) is 2.31. The van der Waals surface area contributed by atoms with Crippen LogP contribution in [0.1, 0.15) is 17.4 Å². The number of amides is 1. The van der Waals surface area contributed by atoms with Crippen molar-refractivity contribution in [1.82, 2.24) is 9.71 Å². The number of aromatic nitrogens is 1. The van der Waals surface area contributed by atoms with Crippen LogP contribution >= 0.6 is 22.9 Å². The molecule has 1 amide bonds. The number of nitrogens with zero attached hydrogens (tertiary/aromatic N) is 1. The molecule has 0 unspecified atom stereocenters. The van der Waals surface area contributed by atoms with Crippen LogP contribution in [0.25, 0.3) is 0 Å². The van der Waals surface area contributed by atoms with Crippen LogP contribution in [0.2, 0.25) is 5.02 Å². The van der Waals surface area contributed by atoms with E-state index in [1.807, 2.05) is 18.2 Å². The quantitative estimate of drug-likeness (QED) is 0.528. The number of rotatable bonds is 8. The first kappa shape index (κ1) is 22.2. The molecule has 30 heavy (non-hydrogen) atoms. The molecule has 10 heteroatoms. The Morgan fingerprint density at radius 3 is 2.63 bits per heavy atom. The molecule has 0 bridgehead atoms. The Hall–Kier alpha value is -2.46. The molecule has 3 rings (SSSR count). The normalized spacial score (nSPS) is 12.4. The minimum absolute atomic E-state index is 0.0426. The van der Waals surface area contributed by atoms with E-state index < -0.39 is 22.0 Å². The maximum atomic E-state index is 12.5. The molecule has 0 aliphatic carbocycles. The van der Waals surface area contributed by atoms with Crippen molar-refractivity contribution in [1.29, 1.82) is 0 Å². The molecule has 158 valence electrons. The molecule has 7 nitrogen and oxygen atoms in total. The van der Waals surface area contributed by atoms with E-state index in [0.717, 1.165) is 10.4 Å². The van der Waals surface area contributed by atoms with Gasteiger partial charge >= 0.3 is 0 Å². The Bertz CT molecular complexity index is 1130. The van der Waals surface area contributed by atoms with Crippen molar-refractivity contribution < 1.29 is 17.9 Å². The summed E-state index contributed by atoms with van der Waals surface area (Å²) in [5, 5.41) is 3.70. The van der Waals surface area contributed by atoms with Crippen LogP contribution in [0, 0.1) is 0 Å². The maximum Gasteiger partial charge on any atom is 0.244 e. The highest BCUT2D eigenvalue weighted by Crippen LogP contribution is 2.23. The van der Waals surface area contributed by atoms with Crippen molar-refractivity contribution in [2.24, 2.45) is 0 Å². The van der Waals surface area contributed by atoms with Crippen LogP contribution in [0.5, 0.6) is 5.75 Å². The van der Waals surface area contributed by atoms with E-state index in [4.69, 9.17) is 16.3 Å². The second-order valence-electron chi connectivity index (χ2n) is 6.45. The molecule has 0 saturated carbocycles. The molecular weight excluding hydrogens is 446 g/mol. The molecule has 1 aromatic heterocycles. The molecule has 1 atom stereocenters. The van der Waals surface area contributed by atoms with Gasteiger partial charge in [-0.3, -0.25) is 4.79 Å². The highest BCUT2D eigenvalue weighted by molar-refractivity contribution is 7.89. The van der Waals surface area contributed by atoms with Crippen LogP contribution in [0.15, 0.2) is 59.6 Å². The van der Waals surface area contributed by atoms with Crippen molar-refractivity contribution >= 4 is 44.0 Å². The predicted molar refractivity (Wildman–Crippen MR) is 118 cm³/mol. The van der Waals surface area contributed by atoms with Gasteiger partial charge in [0.25, 0.3) is 0 Å². The highest BCUT2D eigenvalue weighted by Gasteiger charge is 2.23. The Kier molecular flexibility index (Phi) is 7.09. The number of ether oxygens (including phenoxy) is 1. The second-order valence-corrected chi connectivity index (χ2v) is 9.71. The smallest absolute Gasteiger partial charge is 0.244 e. The van der Waals surface area contributed by atoms with E-state index in [2.05, 4.69) is 15.0 Å². The summed E-state index contributed by atoms with van der Waals surface area (Å²) in [7, 11) is -2.36. The SMILES string of the molecule is COc1ccc(S(=O)(=O)N[C@@H](C)C(=O)Nc2ncc(Cc3cccc(Cl)c3)s2)cc1. The van der Waals surface area contributed by atoms with Gasteiger partial charge in [-0.1, -0.05) is 23.7 Å². The van der Waals surface area contributed by atoms with E-state index in [9.17, 15) is 13.2 Å². The molecular formula is C20H20ClN3O4S2. The molecule has 3 aromatic rings. The number of nitrogens with one attached hydrogen (secondary N) is 2. The third-order valence-electron chi connectivity index (χ3n) is 4.15. The zero-order valence-corrected chi connectivity index (χ0v) is 18.6. The molecule has 0 aliphatic heterocycles. The maximum absolute atomic E-state index is 12.5. The van der Waals surface area contributed by atoms with Gasteiger partial charge in [0.1, 0.15) is 5.75 Å². The van der Waals surface area contributed by atoms with E-state index in [-0.39, 0.29) is 4.90 Å². The van der Waals surface area contributed by atoms with E-state index in [1.54, 1.807) is 12.3 Å². The predicted octanol–water partition coefficient (Wildman–Crippen LogP) is 3.70. The lowest BCUT2D eigenvalue weighted by molar-refractivity contribution is -0.117. The lowest BCUT2D eigenvalue weighted by Gasteiger charge is -2.13. The minimum atomic E-state index is -3.86. The first-order chi connectivity index (χ1) is 14.3. The van der Waals surface area contributed by atoms with Crippen molar-refractivity contribution in [2.45, 2.75) is 24.3 Å². The topological polar surface area (TPSA) is 97.4 Å². The van der Waals surface area contributed by atoms with Gasteiger partial charge in [0.15, 0.2) is 5.13 Å². The lowest BCUT2D eigenvalue weighted by Crippen LogP contribution is -2.41. The molecule has 0 saturated heterocycles. The summed E-state index contributed by atoms with van der Waals surface area (Å²) < 4.78 is 32.3. The zero-order chi connectivity index (χ0) is 21.7. The number of halogens is 1. The Balaban J connectivity index is 1.60. The van der Waals surface area contributed by atoms with Crippen LogP contribution in [-0.4, -0.2) is 32.5 Å². The van der Waals surface area contributed by atoms with Crippen molar-refractivity contribution in [3.05, 3.63) is 70.2 Å². The van der Waals surface area contributed by atoms with Gasteiger partial charge in [-0.05, 0) is 48.9 Å². The second kappa shape index (κ2) is 9.57. The molecule has 0 spiro atoms. The van der Waals surface area contributed by atoms with Crippen LogP contribution in [0.3, 0.4) is 0 Å². The summed E-state index contributed by atoms with van der Waals surface area (Å²) in [5.41, 5.74) is 1.03.